The second kappa shape index (κ2) is 9.62. The molecule has 0 saturated carbocycles. The molecule has 0 fully saturated rings. The average molecular weight is 371 g/mol. The van der Waals surface area contributed by atoms with Gasteiger partial charge in [-0.15, -0.1) is 0 Å². The van der Waals surface area contributed by atoms with Crippen molar-refractivity contribution in [2.45, 2.75) is 38.8 Å². The number of hydrogen-bond donors (Lipinski definition) is 2. The highest BCUT2D eigenvalue weighted by Crippen LogP contribution is 2.19. The Morgan fingerprint density at radius 3 is 2.15 bits per heavy atom. The SMILES string of the molecule is CC(C)(CCC(=O)O)NC(=O)COc1ccc(OCc2ccccc2)cc1. The minimum absolute atomic E-state index is 0.00141. The molecule has 0 atom stereocenters. The maximum Gasteiger partial charge on any atom is 0.303 e. The van der Waals surface area contributed by atoms with Crippen molar-refractivity contribution in [2.24, 2.45) is 0 Å². The Balaban J connectivity index is 1.75. The van der Waals surface area contributed by atoms with Crippen molar-refractivity contribution in [1.82, 2.24) is 5.32 Å². The molecule has 0 unspecified atom stereocenters. The maximum absolute atomic E-state index is 12.0. The fourth-order valence-corrected chi connectivity index (χ4v) is 2.42. The highest BCUT2D eigenvalue weighted by Gasteiger charge is 2.21. The van der Waals surface area contributed by atoms with Gasteiger partial charge >= 0.3 is 5.97 Å². The molecule has 27 heavy (non-hydrogen) atoms. The first-order valence-corrected chi connectivity index (χ1v) is 8.76. The highest BCUT2D eigenvalue weighted by atomic mass is 16.5. The summed E-state index contributed by atoms with van der Waals surface area (Å²) in [4.78, 5) is 22.6. The van der Waals surface area contributed by atoms with Crippen molar-refractivity contribution in [3.05, 3.63) is 60.2 Å². The lowest BCUT2D eigenvalue weighted by Gasteiger charge is -2.25. The molecule has 1 amide bonds. The van der Waals surface area contributed by atoms with E-state index in [0.717, 1.165) is 5.56 Å². The van der Waals surface area contributed by atoms with E-state index in [-0.39, 0.29) is 18.9 Å². The lowest BCUT2D eigenvalue weighted by molar-refractivity contribution is -0.138. The fourth-order valence-electron chi connectivity index (χ4n) is 2.42. The molecule has 0 saturated heterocycles. The van der Waals surface area contributed by atoms with Crippen LogP contribution in [0.4, 0.5) is 0 Å². The summed E-state index contributed by atoms with van der Waals surface area (Å²) in [6.07, 6.45) is 0.347. The summed E-state index contributed by atoms with van der Waals surface area (Å²) in [5, 5.41) is 11.5. The molecule has 0 aliphatic carbocycles. The van der Waals surface area contributed by atoms with E-state index in [1.165, 1.54) is 0 Å². The second-order valence-corrected chi connectivity index (χ2v) is 6.86. The minimum Gasteiger partial charge on any atom is -0.489 e. The van der Waals surface area contributed by atoms with E-state index >= 15 is 0 Å². The van der Waals surface area contributed by atoms with Gasteiger partial charge in [0, 0.05) is 12.0 Å². The Morgan fingerprint density at radius 1 is 0.963 bits per heavy atom. The van der Waals surface area contributed by atoms with Crippen molar-refractivity contribution in [2.75, 3.05) is 6.61 Å². The topological polar surface area (TPSA) is 84.9 Å². The van der Waals surface area contributed by atoms with E-state index in [1.807, 2.05) is 30.3 Å². The predicted octanol–water partition coefficient (Wildman–Crippen LogP) is 3.40. The first kappa shape index (κ1) is 20.3. The number of carboxylic acid groups (broad SMARTS) is 1. The zero-order valence-electron chi connectivity index (χ0n) is 15.6. The van der Waals surface area contributed by atoms with Crippen molar-refractivity contribution in [3.63, 3.8) is 0 Å². The normalized spacial score (nSPS) is 10.9. The van der Waals surface area contributed by atoms with Gasteiger partial charge < -0.3 is 19.9 Å². The molecule has 0 aliphatic heterocycles. The molecule has 2 rings (SSSR count). The molecule has 0 radical (unpaired) electrons. The van der Waals surface area contributed by atoms with Gasteiger partial charge in [0.1, 0.15) is 18.1 Å². The molecular weight excluding hydrogens is 346 g/mol. The lowest BCUT2D eigenvalue weighted by Crippen LogP contribution is -2.45. The zero-order valence-corrected chi connectivity index (χ0v) is 15.6. The van der Waals surface area contributed by atoms with Crippen LogP contribution >= 0.6 is 0 Å². The van der Waals surface area contributed by atoms with Gasteiger partial charge in [-0.25, -0.2) is 0 Å². The molecule has 0 heterocycles. The number of benzene rings is 2. The van der Waals surface area contributed by atoms with Crippen LogP contribution in [0.1, 0.15) is 32.3 Å². The first-order chi connectivity index (χ1) is 12.8. The van der Waals surface area contributed by atoms with E-state index in [0.29, 0.717) is 24.5 Å². The van der Waals surface area contributed by atoms with E-state index in [4.69, 9.17) is 14.6 Å². The van der Waals surface area contributed by atoms with Crippen molar-refractivity contribution in [3.8, 4) is 11.5 Å². The van der Waals surface area contributed by atoms with Crippen LogP contribution in [0.2, 0.25) is 0 Å². The van der Waals surface area contributed by atoms with Crippen LogP contribution in [0.15, 0.2) is 54.6 Å². The van der Waals surface area contributed by atoms with Crippen LogP contribution in [0.5, 0.6) is 11.5 Å². The molecule has 0 bridgehead atoms. The summed E-state index contributed by atoms with van der Waals surface area (Å²) in [5.74, 6) is 0.0870. The molecule has 0 aromatic heterocycles. The number of hydrogen-bond acceptors (Lipinski definition) is 4. The number of ether oxygens (including phenoxy) is 2. The Morgan fingerprint density at radius 2 is 1.56 bits per heavy atom. The standard InChI is InChI=1S/C21H25NO5/c1-21(2,13-12-20(24)25)22-19(23)15-27-18-10-8-17(9-11-18)26-14-16-6-4-3-5-7-16/h3-11H,12-15H2,1-2H3,(H,22,23)(H,24,25). The largest absolute Gasteiger partial charge is 0.489 e. The van der Waals surface area contributed by atoms with Crippen LogP contribution < -0.4 is 14.8 Å². The molecule has 6 nitrogen and oxygen atoms in total. The fraction of sp³-hybridized carbons (Fsp3) is 0.333. The summed E-state index contributed by atoms with van der Waals surface area (Å²) in [6.45, 7) is 3.91. The Hall–Kier alpha value is -3.02. The summed E-state index contributed by atoms with van der Waals surface area (Å²) < 4.78 is 11.2. The van der Waals surface area contributed by atoms with Gasteiger partial charge in [-0.2, -0.15) is 0 Å². The van der Waals surface area contributed by atoms with Crippen molar-refractivity contribution < 1.29 is 24.2 Å². The predicted molar refractivity (Wildman–Crippen MR) is 102 cm³/mol. The van der Waals surface area contributed by atoms with Crippen molar-refractivity contribution >= 4 is 11.9 Å². The third kappa shape index (κ3) is 7.81. The quantitative estimate of drug-likeness (QED) is 0.669. The summed E-state index contributed by atoms with van der Waals surface area (Å²) in [6, 6.07) is 16.9. The number of carboxylic acids is 1. The lowest BCUT2D eigenvalue weighted by atomic mass is 9.98. The molecular formula is C21H25NO5. The van der Waals surface area contributed by atoms with Gasteiger partial charge in [-0.05, 0) is 50.1 Å². The second-order valence-electron chi connectivity index (χ2n) is 6.86. The Bertz CT molecular complexity index is 741. The Kier molecular flexibility index (Phi) is 7.23. The molecule has 144 valence electrons. The zero-order chi connectivity index (χ0) is 19.7. The van der Waals surface area contributed by atoms with E-state index < -0.39 is 11.5 Å². The van der Waals surface area contributed by atoms with E-state index in [2.05, 4.69) is 5.32 Å². The number of rotatable bonds is 10. The van der Waals surface area contributed by atoms with Gasteiger partial charge in [0.25, 0.3) is 5.91 Å². The van der Waals surface area contributed by atoms with Gasteiger partial charge in [0.05, 0.1) is 0 Å². The third-order valence-corrected chi connectivity index (χ3v) is 3.88. The van der Waals surface area contributed by atoms with Crippen LogP contribution in [-0.4, -0.2) is 29.1 Å². The molecule has 2 aromatic rings. The van der Waals surface area contributed by atoms with Crippen LogP contribution in [0, 0.1) is 0 Å². The average Bonchev–Trinajstić information content (AvgIpc) is 2.64. The van der Waals surface area contributed by atoms with Gasteiger partial charge in [-0.3, -0.25) is 9.59 Å². The number of carbonyl (C=O) groups excluding carboxylic acids is 1. The maximum atomic E-state index is 12.0. The third-order valence-electron chi connectivity index (χ3n) is 3.88. The Labute approximate surface area is 159 Å². The number of amides is 1. The highest BCUT2D eigenvalue weighted by molar-refractivity contribution is 5.78. The summed E-state index contributed by atoms with van der Waals surface area (Å²) >= 11 is 0. The minimum atomic E-state index is -0.886. The first-order valence-electron chi connectivity index (χ1n) is 8.76. The molecule has 6 heteroatoms. The van der Waals surface area contributed by atoms with Gasteiger partial charge in [0.2, 0.25) is 0 Å². The van der Waals surface area contributed by atoms with E-state index in [1.54, 1.807) is 38.1 Å². The molecule has 2 aromatic carbocycles. The summed E-state index contributed by atoms with van der Waals surface area (Å²) in [7, 11) is 0. The number of nitrogens with one attached hydrogen (secondary N) is 1. The monoisotopic (exact) mass is 371 g/mol. The number of aliphatic carboxylic acids is 1. The molecule has 2 N–H and O–H groups in total. The number of carbonyl (C=O) groups is 2. The van der Waals surface area contributed by atoms with Crippen LogP contribution in [-0.2, 0) is 16.2 Å². The van der Waals surface area contributed by atoms with Crippen LogP contribution in [0.25, 0.3) is 0 Å². The molecule has 0 aliphatic rings. The van der Waals surface area contributed by atoms with Gasteiger partial charge in [-0.1, -0.05) is 30.3 Å². The van der Waals surface area contributed by atoms with Gasteiger partial charge in [0.15, 0.2) is 6.61 Å². The van der Waals surface area contributed by atoms with Crippen LogP contribution in [0.3, 0.4) is 0 Å². The smallest absolute Gasteiger partial charge is 0.303 e. The summed E-state index contributed by atoms with van der Waals surface area (Å²) in [5.41, 5.74) is 0.480. The van der Waals surface area contributed by atoms with Crippen molar-refractivity contribution in [1.29, 1.82) is 0 Å². The van der Waals surface area contributed by atoms with E-state index in [9.17, 15) is 9.59 Å². The molecule has 0 spiro atoms.